The Hall–Kier alpha value is -1.38. The third kappa shape index (κ3) is 3.84. The largest absolute Gasteiger partial charge is 0.397 e. The van der Waals surface area contributed by atoms with Gasteiger partial charge in [-0.25, -0.2) is 0 Å². The number of nitrogen functional groups attached to an aromatic ring is 2. The van der Waals surface area contributed by atoms with Crippen LogP contribution < -0.4 is 16.4 Å². The molecular formula is C14H25N3. The molecule has 0 radical (unpaired) electrons. The first-order chi connectivity index (χ1) is 8.06. The molecule has 0 amide bonds. The average Bonchev–Trinajstić information content (AvgIpc) is 2.28. The summed E-state index contributed by atoms with van der Waals surface area (Å²) in [6.07, 6.45) is 3.74. The van der Waals surface area contributed by atoms with Gasteiger partial charge in [-0.05, 0) is 38.5 Å². The zero-order valence-corrected chi connectivity index (χ0v) is 11.2. The third-order valence-electron chi connectivity index (χ3n) is 3.03. The molecule has 0 saturated heterocycles. The predicted molar refractivity (Wildman–Crippen MR) is 77.3 cm³/mol. The van der Waals surface area contributed by atoms with E-state index in [0.29, 0.717) is 17.4 Å². The summed E-state index contributed by atoms with van der Waals surface area (Å²) in [4.78, 5) is 2.38. The van der Waals surface area contributed by atoms with Gasteiger partial charge in [0.05, 0.1) is 11.4 Å². The predicted octanol–water partition coefficient (Wildman–Crippen LogP) is 3.26. The Labute approximate surface area is 105 Å². The van der Waals surface area contributed by atoms with Crippen LogP contribution in [-0.4, -0.2) is 12.6 Å². The molecule has 0 atom stereocenters. The van der Waals surface area contributed by atoms with Gasteiger partial charge in [0.2, 0.25) is 0 Å². The SMILES string of the molecule is CCCCCN(c1ccc(N)c(N)c1)C(C)C. The van der Waals surface area contributed by atoms with Crippen LogP contribution in [-0.2, 0) is 0 Å². The Morgan fingerprint density at radius 2 is 1.82 bits per heavy atom. The third-order valence-corrected chi connectivity index (χ3v) is 3.03. The van der Waals surface area contributed by atoms with Crippen LogP contribution in [0.15, 0.2) is 18.2 Å². The van der Waals surface area contributed by atoms with Crippen molar-refractivity contribution in [1.82, 2.24) is 0 Å². The van der Waals surface area contributed by atoms with E-state index >= 15 is 0 Å². The van der Waals surface area contributed by atoms with Crippen LogP contribution >= 0.6 is 0 Å². The molecule has 0 aromatic heterocycles. The van der Waals surface area contributed by atoms with Crippen molar-refractivity contribution in [3.05, 3.63) is 18.2 Å². The average molecular weight is 235 g/mol. The van der Waals surface area contributed by atoms with Gasteiger partial charge in [0.15, 0.2) is 0 Å². The fourth-order valence-corrected chi connectivity index (χ4v) is 1.96. The number of nitrogens with two attached hydrogens (primary N) is 2. The highest BCUT2D eigenvalue weighted by atomic mass is 15.1. The minimum Gasteiger partial charge on any atom is -0.397 e. The van der Waals surface area contributed by atoms with E-state index in [1.54, 1.807) is 0 Å². The molecule has 1 aromatic rings. The Balaban J connectivity index is 2.78. The molecule has 1 aromatic carbocycles. The van der Waals surface area contributed by atoms with Crippen LogP contribution in [0.5, 0.6) is 0 Å². The summed E-state index contributed by atoms with van der Waals surface area (Å²) in [5, 5.41) is 0. The van der Waals surface area contributed by atoms with E-state index < -0.39 is 0 Å². The summed E-state index contributed by atoms with van der Waals surface area (Å²) >= 11 is 0. The zero-order valence-electron chi connectivity index (χ0n) is 11.2. The Bertz CT molecular complexity index is 347. The van der Waals surface area contributed by atoms with E-state index in [4.69, 9.17) is 11.5 Å². The van der Waals surface area contributed by atoms with E-state index in [-0.39, 0.29) is 0 Å². The van der Waals surface area contributed by atoms with E-state index in [0.717, 1.165) is 6.54 Å². The van der Waals surface area contributed by atoms with Crippen molar-refractivity contribution in [2.45, 2.75) is 46.1 Å². The molecule has 0 aliphatic rings. The first-order valence-corrected chi connectivity index (χ1v) is 6.48. The number of unbranched alkanes of at least 4 members (excludes halogenated alkanes) is 2. The smallest absolute Gasteiger partial charge is 0.0568 e. The summed E-state index contributed by atoms with van der Waals surface area (Å²) in [5.41, 5.74) is 14.1. The maximum atomic E-state index is 5.86. The molecule has 3 heteroatoms. The second-order valence-corrected chi connectivity index (χ2v) is 4.81. The lowest BCUT2D eigenvalue weighted by Gasteiger charge is -2.29. The number of benzene rings is 1. The number of nitrogens with zero attached hydrogens (tertiary/aromatic N) is 1. The Morgan fingerprint density at radius 3 is 2.35 bits per heavy atom. The van der Waals surface area contributed by atoms with Gasteiger partial charge in [0.25, 0.3) is 0 Å². The molecule has 0 saturated carbocycles. The Kier molecular flexibility index (Phi) is 5.13. The topological polar surface area (TPSA) is 55.3 Å². The van der Waals surface area contributed by atoms with Crippen LogP contribution in [0.2, 0.25) is 0 Å². The van der Waals surface area contributed by atoms with Crippen LogP contribution in [0, 0.1) is 0 Å². The number of hydrogen-bond acceptors (Lipinski definition) is 3. The Morgan fingerprint density at radius 1 is 1.12 bits per heavy atom. The highest BCUT2D eigenvalue weighted by Crippen LogP contribution is 2.24. The molecule has 0 fully saturated rings. The number of anilines is 3. The molecule has 0 bridgehead atoms. The number of hydrogen-bond donors (Lipinski definition) is 2. The van der Waals surface area contributed by atoms with E-state index in [9.17, 15) is 0 Å². The van der Waals surface area contributed by atoms with Gasteiger partial charge >= 0.3 is 0 Å². The van der Waals surface area contributed by atoms with Crippen LogP contribution in [0.4, 0.5) is 17.1 Å². The van der Waals surface area contributed by atoms with Crippen molar-refractivity contribution < 1.29 is 0 Å². The molecule has 0 unspecified atom stereocenters. The van der Waals surface area contributed by atoms with Gasteiger partial charge in [0, 0.05) is 18.3 Å². The molecule has 0 aliphatic carbocycles. The summed E-state index contributed by atoms with van der Waals surface area (Å²) < 4.78 is 0. The first kappa shape index (κ1) is 13.7. The second-order valence-electron chi connectivity index (χ2n) is 4.81. The molecule has 0 spiro atoms. The van der Waals surface area contributed by atoms with E-state index in [1.165, 1.54) is 24.9 Å². The maximum absolute atomic E-state index is 5.86. The molecular weight excluding hydrogens is 210 g/mol. The lowest BCUT2D eigenvalue weighted by atomic mass is 10.1. The molecule has 0 aliphatic heterocycles. The number of rotatable bonds is 6. The van der Waals surface area contributed by atoms with Gasteiger partial charge in [-0.1, -0.05) is 19.8 Å². The normalized spacial score (nSPS) is 10.8. The minimum absolute atomic E-state index is 0.481. The summed E-state index contributed by atoms with van der Waals surface area (Å²) in [7, 11) is 0. The lowest BCUT2D eigenvalue weighted by Crippen LogP contribution is -2.31. The van der Waals surface area contributed by atoms with Crippen LogP contribution in [0.1, 0.15) is 40.0 Å². The van der Waals surface area contributed by atoms with Gasteiger partial charge in [-0.2, -0.15) is 0 Å². The molecule has 3 nitrogen and oxygen atoms in total. The summed E-state index contributed by atoms with van der Waals surface area (Å²) in [6, 6.07) is 6.40. The fourth-order valence-electron chi connectivity index (χ4n) is 1.96. The second kappa shape index (κ2) is 6.38. The monoisotopic (exact) mass is 235 g/mol. The standard InChI is InChI=1S/C14H25N3/c1-4-5-6-9-17(11(2)3)12-7-8-13(15)14(16)10-12/h7-8,10-11H,4-6,9,15-16H2,1-3H3. The van der Waals surface area contributed by atoms with Gasteiger partial charge in [0.1, 0.15) is 0 Å². The first-order valence-electron chi connectivity index (χ1n) is 6.48. The minimum atomic E-state index is 0.481. The molecule has 96 valence electrons. The van der Waals surface area contributed by atoms with E-state index in [2.05, 4.69) is 31.7 Å². The molecule has 17 heavy (non-hydrogen) atoms. The molecule has 0 heterocycles. The summed E-state index contributed by atoms with van der Waals surface area (Å²) in [6.45, 7) is 7.72. The van der Waals surface area contributed by atoms with Crippen molar-refractivity contribution in [3.63, 3.8) is 0 Å². The van der Waals surface area contributed by atoms with Gasteiger partial charge in [-0.15, -0.1) is 0 Å². The van der Waals surface area contributed by atoms with Crippen molar-refractivity contribution in [2.24, 2.45) is 0 Å². The van der Waals surface area contributed by atoms with Gasteiger partial charge in [-0.3, -0.25) is 0 Å². The van der Waals surface area contributed by atoms with Crippen molar-refractivity contribution in [3.8, 4) is 0 Å². The molecule has 1 rings (SSSR count). The highest BCUT2D eigenvalue weighted by molar-refractivity contribution is 5.70. The van der Waals surface area contributed by atoms with Crippen molar-refractivity contribution in [1.29, 1.82) is 0 Å². The quantitative estimate of drug-likeness (QED) is 0.588. The molecule has 4 N–H and O–H groups in total. The van der Waals surface area contributed by atoms with Gasteiger partial charge < -0.3 is 16.4 Å². The van der Waals surface area contributed by atoms with Crippen LogP contribution in [0.25, 0.3) is 0 Å². The zero-order chi connectivity index (χ0) is 12.8. The fraction of sp³-hybridized carbons (Fsp3) is 0.571. The van der Waals surface area contributed by atoms with E-state index in [1.807, 2.05) is 12.1 Å². The van der Waals surface area contributed by atoms with Crippen molar-refractivity contribution >= 4 is 17.1 Å². The van der Waals surface area contributed by atoms with Crippen LogP contribution in [0.3, 0.4) is 0 Å². The highest BCUT2D eigenvalue weighted by Gasteiger charge is 2.10. The lowest BCUT2D eigenvalue weighted by molar-refractivity contribution is 0.626. The summed E-state index contributed by atoms with van der Waals surface area (Å²) in [5.74, 6) is 0. The van der Waals surface area contributed by atoms with Crippen molar-refractivity contribution in [2.75, 3.05) is 22.9 Å². The maximum Gasteiger partial charge on any atom is 0.0568 e.